The van der Waals surface area contributed by atoms with Crippen LogP contribution in [0.2, 0.25) is 0 Å². The van der Waals surface area contributed by atoms with Crippen molar-refractivity contribution in [2.75, 3.05) is 13.1 Å². The first-order valence-electron chi connectivity index (χ1n) is 6.92. The second kappa shape index (κ2) is 5.23. The number of nitriles is 1. The molecular weight excluding hydrogens is 300 g/mol. The summed E-state index contributed by atoms with van der Waals surface area (Å²) in [7, 11) is -3.51. The van der Waals surface area contributed by atoms with Crippen LogP contribution in [0.25, 0.3) is 0 Å². The van der Waals surface area contributed by atoms with Crippen molar-refractivity contribution in [1.82, 2.24) is 14.1 Å². The van der Waals surface area contributed by atoms with Crippen LogP contribution in [0.5, 0.6) is 0 Å². The van der Waals surface area contributed by atoms with Gasteiger partial charge in [-0.1, -0.05) is 18.2 Å². The van der Waals surface area contributed by atoms with Crippen molar-refractivity contribution in [2.24, 2.45) is 0 Å². The third-order valence-corrected chi connectivity index (χ3v) is 5.73. The molecule has 0 unspecified atom stereocenters. The summed E-state index contributed by atoms with van der Waals surface area (Å²) in [6.45, 7) is 2.44. The maximum absolute atomic E-state index is 12.6. The smallest absolute Gasteiger partial charge is 0.243 e. The van der Waals surface area contributed by atoms with Gasteiger partial charge in [0.15, 0.2) is 0 Å². The number of sulfonamides is 1. The van der Waals surface area contributed by atoms with Crippen molar-refractivity contribution in [2.45, 2.75) is 23.8 Å². The van der Waals surface area contributed by atoms with Crippen LogP contribution < -0.4 is 0 Å². The Morgan fingerprint density at radius 3 is 2.55 bits per heavy atom. The quantitative estimate of drug-likeness (QED) is 0.856. The minimum atomic E-state index is -3.51. The second-order valence-electron chi connectivity index (χ2n) is 5.61. The third kappa shape index (κ3) is 2.30. The molecule has 0 atom stereocenters. The molecule has 2 heterocycles. The Labute approximate surface area is 129 Å². The molecular formula is C15H16N4O2S. The lowest BCUT2D eigenvalue weighted by Crippen LogP contribution is -2.64. The normalized spacial score (nSPS) is 17.6. The van der Waals surface area contributed by atoms with Crippen molar-refractivity contribution in [3.63, 3.8) is 0 Å². The van der Waals surface area contributed by atoms with E-state index in [1.807, 2.05) is 13.1 Å². The molecule has 0 N–H and O–H groups in total. The largest absolute Gasteiger partial charge is 0.263 e. The minimum absolute atomic E-state index is 0.231. The minimum Gasteiger partial charge on any atom is -0.263 e. The number of aryl methyl sites for hydroxylation is 1. The average molecular weight is 316 g/mol. The van der Waals surface area contributed by atoms with Gasteiger partial charge >= 0.3 is 0 Å². The van der Waals surface area contributed by atoms with E-state index in [0.717, 1.165) is 5.56 Å². The van der Waals surface area contributed by atoms with Gasteiger partial charge in [0, 0.05) is 19.3 Å². The molecule has 22 heavy (non-hydrogen) atoms. The highest BCUT2D eigenvalue weighted by Gasteiger charge is 2.50. The van der Waals surface area contributed by atoms with E-state index in [-0.39, 0.29) is 24.4 Å². The lowest BCUT2D eigenvalue weighted by atomic mass is 9.89. The maximum atomic E-state index is 12.6. The molecule has 1 aliphatic rings. The maximum Gasteiger partial charge on any atom is 0.243 e. The molecule has 0 saturated carbocycles. The highest BCUT2D eigenvalue weighted by atomic mass is 32.2. The molecule has 7 heteroatoms. The van der Waals surface area contributed by atoms with Gasteiger partial charge in [-0.15, -0.1) is 0 Å². The molecule has 2 aromatic rings. The molecule has 3 rings (SSSR count). The zero-order valence-electron chi connectivity index (χ0n) is 12.2. The predicted molar refractivity (Wildman–Crippen MR) is 80.4 cm³/mol. The van der Waals surface area contributed by atoms with Crippen molar-refractivity contribution in [1.29, 1.82) is 5.26 Å². The third-order valence-electron chi connectivity index (χ3n) is 3.93. The lowest BCUT2D eigenvalue weighted by Gasteiger charge is -2.47. The fraction of sp³-hybridized carbons (Fsp3) is 0.333. The van der Waals surface area contributed by atoms with E-state index in [1.54, 1.807) is 41.2 Å². The molecule has 1 saturated heterocycles. The Kier molecular flexibility index (Phi) is 3.51. The molecule has 6 nitrogen and oxygen atoms in total. The van der Waals surface area contributed by atoms with Crippen LogP contribution in [0, 0.1) is 18.3 Å². The Hall–Kier alpha value is -2.17. The standard InChI is InChI=1S/C15H16N4O2S/c1-13-9-17-19(10-13)15(7-8-16)11-18(12-15)22(20,21)14-5-3-2-4-6-14/h2-6,9-10H,7,11-12H2,1H3. The first kappa shape index (κ1) is 14.8. The van der Waals surface area contributed by atoms with E-state index < -0.39 is 15.6 Å². The van der Waals surface area contributed by atoms with Crippen LogP contribution in [0.15, 0.2) is 47.6 Å². The first-order valence-corrected chi connectivity index (χ1v) is 8.36. The van der Waals surface area contributed by atoms with Crippen LogP contribution in [-0.2, 0) is 15.6 Å². The van der Waals surface area contributed by atoms with Gasteiger partial charge in [-0.25, -0.2) is 8.42 Å². The fourth-order valence-electron chi connectivity index (χ4n) is 2.68. The average Bonchev–Trinajstić information content (AvgIpc) is 2.90. The highest BCUT2D eigenvalue weighted by molar-refractivity contribution is 7.89. The van der Waals surface area contributed by atoms with Gasteiger partial charge < -0.3 is 0 Å². The fourth-order valence-corrected chi connectivity index (χ4v) is 4.30. The summed E-state index contributed by atoms with van der Waals surface area (Å²) in [4.78, 5) is 0.275. The predicted octanol–water partition coefficient (Wildman–Crippen LogP) is 1.51. The number of hydrogen-bond acceptors (Lipinski definition) is 4. The first-order chi connectivity index (χ1) is 10.5. The van der Waals surface area contributed by atoms with Crippen molar-refractivity contribution in [3.8, 4) is 6.07 Å². The van der Waals surface area contributed by atoms with Gasteiger partial charge in [0.2, 0.25) is 10.0 Å². The number of aromatic nitrogens is 2. The van der Waals surface area contributed by atoms with Crippen LogP contribution in [0.1, 0.15) is 12.0 Å². The van der Waals surface area contributed by atoms with Gasteiger partial charge in [-0.2, -0.15) is 14.7 Å². The molecule has 1 aromatic heterocycles. The van der Waals surface area contributed by atoms with E-state index in [9.17, 15) is 8.42 Å². The second-order valence-corrected chi connectivity index (χ2v) is 7.55. The monoisotopic (exact) mass is 316 g/mol. The number of benzene rings is 1. The molecule has 0 aliphatic carbocycles. The summed E-state index contributed by atoms with van der Waals surface area (Å²) in [5, 5.41) is 13.3. The Bertz CT molecular complexity index is 815. The Balaban J connectivity index is 1.86. The van der Waals surface area contributed by atoms with Gasteiger partial charge in [0.1, 0.15) is 5.54 Å². The molecule has 0 spiro atoms. The molecule has 0 bridgehead atoms. The van der Waals surface area contributed by atoms with Gasteiger partial charge in [0.25, 0.3) is 0 Å². The zero-order chi connectivity index (χ0) is 15.8. The van der Waals surface area contributed by atoms with E-state index >= 15 is 0 Å². The molecule has 1 aromatic carbocycles. The Morgan fingerprint density at radius 1 is 1.32 bits per heavy atom. The summed E-state index contributed by atoms with van der Waals surface area (Å²) in [6.07, 6.45) is 3.80. The summed E-state index contributed by atoms with van der Waals surface area (Å²) in [6, 6.07) is 10.5. The number of nitrogens with zero attached hydrogens (tertiary/aromatic N) is 4. The summed E-state index contributed by atoms with van der Waals surface area (Å²) >= 11 is 0. The highest BCUT2D eigenvalue weighted by Crippen LogP contribution is 2.36. The van der Waals surface area contributed by atoms with Crippen LogP contribution >= 0.6 is 0 Å². The van der Waals surface area contributed by atoms with Crippen LogP contribution in [0.3, 0.4) is 0 Å². The van der Waals surface area contributed by atoms with Crippen molar-refractivity contribution < 1.29 is 8.42 Å². The van der Waals surface area contributed by atoms with Crippen LogP contribution in [-0.4, -0.2) is 35.6 Å². The van der Waals surface area contributed by atoms with E-state index in [2.05, 4.69) is 11.2 Å². The van der Waals surface area contributed by atoms with Crippen LogP contribution in [0.4, 0.5) is 0 Å². The van der Waals surface area contributed by atoms with E-state index in [4.69, 9.17) is 5.26 Å². The molecule has 0 amide bonds. The van der Waals surface area contributed by atoms with E-state index in [0.29, 0.717) is 0 Å². The van der Waals surface area contributed by atoms with Gasteiger partial charge in [-0.3, -0.25) is 4.68 Å². The molecule has 0 radical (unpaired) electrons. The number of rotatable bonds is 4. The van der Waals surface area contributed by atoms with Crippen molar-refractivity contribution >= 4 is 10.0 Å². The molecule has 1 aliphatic heterocycles. The zero-order valence-corrected chi connectivity index (χ0v) is 13.0. The summed E-state index contributed by atoms with van der Waals surface area (Å²) in [5.41, 5.74) is 0.423. The lowest BCUT2D eigenvalue weighted by molar-refractivity contribution is 0.0716. The number of hydrogen-bond donors (Lipinski definition) is 0. The Morgan fingerprint density at radius 2 is 2.00 bits per heavy atom. The van der Waals surface area contributed by atoms with Gasteiger partial charge in [0.05, 0.1) is 23.6 Å². The summed E-state index contributed by atoms with van der Waals surface area (Å²) in [5.74, 6) is 0. The SMILES string of the molecule is Cc1cnn(C2(CC#N)CN(S(=O)(=O)c3ccccc3)C2)c1. The van der Waals surface area contributed by atoms with E-state index in [1.165, 1.54) is 4.31 Å². The van der Waals surface area contributed by atoms with Crippen molar-refractivity contribution in [3.05, 3.63) is 48.3 Å². The van der Waals surface area contributed by atoms with Gasteiger partial charge in [-0.05, 0) is 24.6 Å². The molecule has 114 valence electrons. The summed E-state index contributed by atoms with van der Waals surface area (Å²) < 4.78 is 28.2. The molecule has 1 fully saturated rings. The topological polar surface area (TPSA) is 79.0 Å².